The topological polar surface area (TPSA) is 117 Å². The fourth-order valence-electron chi connectivity index (χ4n) is 3.09. The molecule has 1 heterocycles. The Labute approximate surface area is 171 Å². The molecule has 1 aromatic heterocycles. The van der Waals surface area contributed by atoms with Crippen LogP contribution in [0.25, 0.3) is 11.4 Å². The molecular weight excluding hydrogens is 372 g/mol. The summed E-state index contributed by atoms with van der Waals surface area (Å²) in [6.07, 6.45) is 0.408. The van der Waals surface area contributed by atoms with Gasteiger partial charge in [0.05, 0.1) is 0 Å². The fraction of sp³-hybridized carbons (Fsp3) is 0.524. The lowest BCUT2D eigenvalue weighted by Gasteiger charge is -2.30. The third kappa shape index (κ3) is 6.39. The van der Waals surface area contributed by atoms with Crippen LogP contribution in [0.15, 0.2) is 34.9 Å². The lowest BCUT2D eigenvalue weighted by atomic mass is 9.85. The Morgan fingerprint density at radius 1 is 1.17 bits per heavy atom. The lowest BCUT2D eigenvalue weighted by Crippen LogP contribution is -2.41. The van der Waals surface area contributed by atoms with Crippen LogP contribution in [-0.2, 0) is 9.59 Å². The van der Waals surface area contributed by atoms with Crippen molar-refractivity contribution in [2.24, 2.45) is 17.3 Å². The second-order valence-corrected chi connectivity index (χ2v) is 8.70. The highest BCUT2D eigenvalue weighted by molar-refractivity contribution is 5.85. The van der Waals surface area contributed by atoms with Gasteiger partial charge in [-0.05, 0) is 17.8 Å². The number of amides is 2. The van der Waals surface area contributed by atoms with Crippen LogP contribution < -0.4 is 10.8 Å². The monoisotopic (exact) mass is 402 g/mol. The van der Waals surface area contributed by atoms with E-state index in [2.05, 4.69) is 15.5 Å². The Bertz CT molecular complexity index is 812. The average Bonchev–Trinajstić information content (AvgIpc) is 3.14. The van der Waals surface area contributed by atoms with Gasteiger partial charge in [-0.1, -0.05) is 70.1 Å². The van der Waals surface area contributed by atoms with Crippen LogP contribution in [0, 0.1) is 17.3 Å². The van der Waals surface area contributed by atoms with Gasteiger partial charge in [-0.25, -0.2) is 5.48 Å². The zero-order chi connectivity index (χ0) is 21.6. The molecule has 0 bridgehead atoms. The van der Waals surface area contributed by atoms with Crippen molar-refractivity contribution in [1.29, 1.82) is 0 Å². The third-order valence-corrected chi connectivity index (χ3v) is 4.56. The number of hydrogen-bond acceptors (Lipinski definition) is 6. The fourth-order valence-corrected chi connectivity index (χ4v) is 3.09. The van der Waals surface area contributed by atoms with Gasteiger partial charge in [0, 0.05) is 17.9 Å². The maximum absolute atomic E-state index is 13.0. The summed E-state index contributed by atoms with van der Waals surface area (Å²) < 4.78 is 5.48. The SMILES string of the molecule is CC(C)C[C@H](CC(=O)NO)C(=O)N[C@H](c1nc(-c2ccccc2)no1)C(C)(C)C. The van der Waals surface area contributed by atoms with E-state index in [9.17, 15) is 9.59 Å². The molecule has 0 radical (unpaired) electrons. The number of benzene rings is 1. The van der Waals surface area contributed by atoms with Gasteiger partial charge >= 0.3 is 0 Å². The van der Waals surface area contributed by atoms with Crippen molar-refractivity contribution in [3.05, 3.63) is 36.2 Å². The minimum atomic E-state index is -0.595. The number of nitrogens with one attached hydrogen (secondary N) is 2. The van der Waals surface area contributed by atoms with Crippen molar-refractivity contribution in [2.75, 3.05) is 0 Å². The Kier molecular flexibility index (Phi) is 7.50. The van der Waals surface area contributed by atoms with Crippen LogP contribution in [0.2, 0.25) is 0 Å². The molecule has 2 atom stereocenters. The zero-order valence-electron chi connectivity index (χ0n) is 17.6. The maximum atomic E-state index is 13.0. The summed E-state index contributed by atoms with van der Waals surface area (Å²) in [7, 11) is 0. The summed E-state index contributed by atoms with van der Waals surface area (Å²) in [6, 6.07) is 8.90. The summed E-state index contributed by atoms with van der Waals surface area (Å²) in [5.74, 6) is -0.507. The molecular formula is C21H30N4O4. The number of aromatic nitrogens is 2. The normalized spacial score (nSPS) is 13.8. The molecule has 0 saturated heterocycles. The molecule has 0 aliphatic carbocycles. The standard InChI is InChI=1S/C21H30N4O4/c1-13(2)11-15(12-16(26)24-28)19(27)22-17(21(3,4)5)20-23-18(25-29-20)14-9-7-6-8-10-14/h6-10,13,15,17,28H,11-12H2,1-5H3,(H,22,27)(H,24,26)/t15-,17-/m1/s1. The molecule has 0 aliphatic rings. The van der Waals surface area contributed by atoms with E-state index in [0.29, 0.717) is 18.1 Å². The predicted molar refractivity (Wildman–Crippen MR) is 108 cm³/mol. The van der Waals surface area contributed by atoms with Crippen molar-refractivity contribution in [1.82, 2.24) is 20.9 Å². The smallest absolute Gasteiger partial charge is 0.250 e. The molecule has 0 saturated carbocycles. The predicted octanol–water partition coefficient (Wildman–Crippen LogP) is 3.50. The first-order valence-corrected chi connectivity index (χ1v) is 9.74. The Hall–Kier alpha value is -2.74. The minimum absolute atomic E-state index is 0.101. The van der Waals surface area contributed by atoms with E-state index in [-0.39, 0.29) is 18.2 Å². The van der Waals surface area contributed by atoms with Gasteiger partial charge < -0.3 is 9.84 Å². The van der Waals surface area contributed by atoms with Crippen LogP contribution in [0.1, 0.15) is 59.4 Å². The van der Waals surface area contributed by atoms with Crippen molar-refractivity contribution in [3.8, 4) is 11.4 Å². The van der Waals surface area contributed by atoms with Gasteiger partial charge in [0.15, 0.2) is 0 Å². The summed E-state index contributed by atoms with van der Waals surface area (Å²) in [4.78, 5) is 29.1. The highest BCUT2D eigenvalue weighted by atomic mass is 16.5. The molecule has 3 N–H and O–H groups in total. The quantitative estimate of drug-likeness (QED) is 0.459. The number of nitrogens with zero attached hydrogens (tertiary/aromatic N) is 2. The van der Waals surface area contributed by atoms with Crippen molar-refractivity contribution >= 4 is 11.8 Å². The maximum Gasteiger partial charge on any atom is 0.250 e. The van der Waals surface area contributed by atoms with E-state index in [4.69, 9.17) is 9.73 Å². The molecule has 0 spiro atoms. The van der Waals surface area contributed by atoms with Gasteiger partial charge in [0.1, 0.15) is 6.04 Å². The van der Waals surface area contributed by atoms with Crippen molar-refractivity contribution < 1.29 is 19.3 Å². The van der Waals surface area contributed by atoms with Crippen LogP contribution >= 0.6 is 0 Å². The van der Waals surface area contributed by atoms with E-state index >= 15 is 0 Å². The van der Waals surface area contributed by atoms with Crippen LogP contribution in [0.3, 0.4) is 0 Å². The minimum Gasteiger partial charge on any atom is -0.344 e. The highest BCUT2D eigenvalue weighted by Crippen LogP contribution is 2.33. The Morgan fingerprint density at radius 2 is 1.83 bits per heavy atom. The van der Waals surface area contributed by atoms with Gasteiger partial charge in [-0.15, -0.1) is 0 Å². The number of hydrogen-bond donors (Lipinski definition) is 3. The molecule has 2 aromatic rings. The Balaban J connectivity index is 2.25. The molecule has 1 aromatic carbocycles. The highest BCUT2D eigenvalue weighted by Gasteiger charge is 2.35. The van der Waals surface area contributed by atoms with Gasteiger partial charge in [-0.2, -0.15) is 4.98 Å². The van der Waals surface area contributed by atoms with E-state index in [1.165, 1.54) is 0 Å². The van der Waals surface area contributed by atoms with E-state index < -0.39 is 23.3 Å². The van der Waals surface area contributed by atoms with Crippen LogP contribution in [-0.4, -0.2) is 27.2 Å². The summed E-state index contributed by atoms with van der Waals surface area (Å²) in [6.45, 7) is 9.83. The number of rotatable bonds is 8. The average molecular weight is 402 g/mol. The van der Waals surface area contributed by atoms with E-state index in [1.54, 1.807) is 5.48 Å². The second kappa shape index (κ2) is 9.65. The largest absolute Gasteiger partial charge is 0.344 e. The molecule has 8 nitrogen and oxygen atoms in total. The van der Waals surface area contributed by atoms with E-state index in [1.807, 2.05) is 65.0 Å². The van der Waals surface area contributed by atoms with Crippen molar-refractivity contribution in [3.63, 3.8) is 0 Å². The first-order chi connectivity index (χ1) is 13.6. The lowest BCUT2D eigenvalue weighted by molar-refractivity contribution is -0.136. The molecule has 2 rings (SSSR count). The zero-order valence-corrected chi connectivity index (χ0v) is 17.6. The van der Waals surface area contributed by atoms with E-state index in [0.717, 1.165) is 5.56 Å². The second-order valence-electron chi connectivity index (χ2n) is 8.70. The van der Waals surface area contributed by atoms with Gasteiger partial charge in [0.25, 0.3) is 0 Å². The first kappa shape index (κ1) is 22.5. The molecule has 158 valence electrons. The summed E-state index contributed by atoms with van der Waals surface area (Å²) >= 11 is 0. The summed E-state index contributed by atoms with van der Waals surface area (Å²) in [5.41, 5.74) is 2.01. The Morgan fingerprint density at radius 3 is 2.38 bits per heavy atom. The molecule has 0 aliphatic heterocycles. The van der Waals surface area contributed by atoms with Gasteiger partial charge in [0.2, 0.25) is 23.5 Å². The molecule has 2 amide bonds. The molecule has 0 fully saturated rings. The first-order valence-electron chi connectivity index (χ1n) is 9.74. The molecule has 29 heavy (non-hydrogen) atoms. The number of hydroxylamine groups is 1. The van der Waals surface area contributed by atoms with Gasteiger partial charge in [-0.3, -0.25) is 14.8 Å². The number of carbonyl (C=O) groups is 2. The molecule has 0 unspecified atom stereocenters. The third-order valence-electron chi connectivity index (χ3n) is 4.56. The van der Waals surface area contributed by atoms with Crippen LogP contribution in [0.4, 0.5) is 0 Å². The molecule has 8 heteroatoms. The van der Waals surface area contributed by atoms with Crippen LogP contribution in [0.5, 0.6) is 0 Å². The summed E-state index contributed by atoms with van der Waals surface area (Å²) in [5, 5.41) is 15.9. The number of carbonyl (C=O) groups excluding carboxylic acids is 2. The van der Waals surface area contributed by atoms with Crippen molar-refractivity contribution in [2.45, 2.75) is 53.5 Å².